The normalized spacial score (nSPS) is 20.1. The van der Waals surface area contributed by atoms with Crippen LogP contribution in [0, 0.1) is 5.92 Å². The van der Waals surface area contributed by atoms with Crippen LogP contribution in [-0.4, -0.2) is 13.0 Å². The van der Waals surface area contributed by atoms with Crippen LogP contribution < -0.4 is 5.32 Å². The Balaban J connectivity index is 2.38. The number of likely N-dealkylation sites (N-methyl/N-ethyl adjacent to an activating group) is 1. The molecule has 0 aromatic heterocycles. The van der Waals surface area contributed by atoms with Crippen molar-refractivity contribution in [2.24, 2.45) is 5.92 Å². The minimum atomic E-state index is -0.199. The number of amides is 1. The van der Waals surface area contributed by atoms with Crippen LogP contribution in [0.25, 0.3) is 0 Å². The summed E-state index contributed by atoms with van der Waals surface area (Å²) in [5.74, 6) is 0.349. The van der Waals surface area contributed by atoms with Crippen molar-refractivity contribution in [2.45, 2.75) is 19.3 Å². The zero-order valence-corrected chi connectivity index (χ0v) is 10.9. The van der Waals surface area contributed by atoms with Crippen LogP contribution in [0.2, 0.25) is 0 Å². The molecule has 1 aliphatic rings. The Labute approximate surface area is 108 Å². The van der Waals surface area contributed by atoms with E-state index in [4.69, 9.17) is 0 Å². The molecule has 0 heterocycles. The molecule has 1 aliphatic carbocycles. The highest BCUT2D eigenvalue weighted by Gasteiger charge is 2.23. The molecule has 1 aromatic carbocycles. The lowest BCUT2D eigenvalue weighted by atomic mass is 9.85. The Kier molecular flexibility index (Phi) is 3.98. The molecule has 2 atom stereocenters. The maximum atomic E-state index is 12.1. The number of rotatable bonds is 3. The SMILES string of the molecule is CNC(=O)C(C1=CC(C)CC=C1)c1ccccc1. The molecule has 1 amide bonds. The van der Waals surface area contributed by atoms with Gasteiger partial charge >= 0.3 is 0 Å². The molecule has 0 saturated carbocycles. The standard InChI is InChI=1S/C16H19NO/c1-12-7-6-10-14(11-12)15(16(18)17-2)13-8-4-3-5-9-13/h3-6,8-12,15H,7H2,1-2H3,(H,17,18). The molecule has 0 radical (unpaired) electrons. The van der Waals surface area contributed by atoms with E-state index in [2.05, 4.69) is 30.5 Å². The highest BCUT2D eigenvalue weighted by atomic mass is 16.1. The number of benzene rings is 1. The summed E-state index contributed by atoms with van der Waals surface area (Å²) in [5, 5.41) is 2.76. The van der Waals surface area contributed by atoms with Crippen LogP contribution >= 0.6 is 0 Å². The van der Waals surface area contributed by atoms with Crippen LogP contribution in [0.5, 0.6) is 0 Å². The molecule has 0 bridgehead atoms. The maximum Gasteiger partial charge on any atom is 0.231 e. The van der Waals surface area contributed by atoms with Gasteiger partial charge in [-0.25, -0.2) is 0 Å². The number of hydrogen-bond donors (Lipinski definition) is 1. The summed E-state index contributed by atoms with van der Waals surface area (Å²) in [5.41, 5.74) is 2.14. The van der Waals surface area contributed by atoms with Gasteiger partial charge in [-0.15, -0.1) is 0 Å². The van der Waals surface area contributed by atoms with Crippen molar-refractivity contribution in [2.75, 3.05) is 7.05 Å². The number of carbonyl (C=O) groups excluding carboxylic acids is 1. The van der Waals surface area contributed by atoms with Crippen molar-refractivity contribution < 1.29 is 4.79 Å². The van der Waals surface area contributed by atoms with Crippen LogP contribution in [0.15, 0.2) is 54.1 Å². The molecule has 0 fully saturated rings. The van der Waals surface area contributed by atoms with Gasteiger partial charge in [-0.3, -0.25) is 4.79 Å². The Bertz CT molecular complexity index is 473. The maximum absolute atomic E-state index is 12.1. The molecule has 2 unspecified atom stereocenters. The summed E-state index contributed by atoms with van der Waals surface area (Å²) in [6, 6.07) is 9.93. The third kappa shape index (κ3) is 2.70. The first-order chi connectivity index (χ1) is 8.72. The van der Waals surface area contributed by atoms with Gasteiger partial charge in [-0.1, -0.05) is 55.5 Å². The lowest BCUT2D eigenvalue weighted by Crippen LogP contribution is -2.27. The Morgan fingerprint density at radius 1 is 1.33 bits per heavy atom. The molecule has 1 aromatic rings. The molecule has 94 valence electrons. The summed E-state index contributed by atoms with van der Waals surface area (Å²) in [6.07, 6.45) is 7.48. The fourth-order valence-corrected chi connectivity index (χ4v) is 2.35. The van der Waals surface area contributed by atoms with Gasteiger partial charge in [-0.2, -0.15) is 0 Å². The summed E-state index contributed by atoms with van der Waals surface area (Å²) in [4.78, 5) is 12.1. The smallest absolute Gasteiger partial charge is 0.231 e. The molecule has 18 heavy (non-hydrogen) atoms. The van der Waals surface area contributed by atoms with Crippen molar-refractivity contribution in [1.29, 1.82) is 0 Å². The topological polar surface area (TPSA) is 29.1 Å². The van der Waals surface area contributed by atoms with Crippen molar-refractivity contribution in [3.8, 4) is 0 Å². The van der Waals surface area contributed by atoms with Gasteiger partial charge in [0.1, 0.15) is 0 Å². The molecule has 0 saturated heterocycles. The Hall–Kier alpha value is -1.83. The van der Waals surface area contributed by atoms with E-state index in [1.165, 1.54) is 0 Å². The third-order valence-electron chi connectivity index (χ3n) is 3.27. The van der Waals surface area contributed by atoms with Crippen molar-refractivity contribution >= 4 is 5.91 Å². The first-order valence-electron chi connectivity index (χ1n) is 6.37. The largest absolute Gasteiger partial charge is 0.358 e. The van der Waals surface area contributed by atoms with E-state index < -0.39 is 0 Å². The number of allylic oxidation sites excluding steroid dienone is 3. The Morgan fingerprint density at radius 2 is 2.06 bits per heavy atom. The quantitative estimate of drug-likeness (QED) is 0.866. The zero-order chi connectivity index (χ0) is 13.0. The molecule has 1 N–H and O–H groups in total. The van der Waals surface area contributed by atoms with Crippen molar-refractivity contribution in [3.63, 3.8) is 0 Å². The molecule has 0 spiro atoms. The highest BCUT2D eigenvalue weighted by molar-refractivity contribution is 5.87. The van der Waals surface area contributed by atoms with E-state index in [0.29, 0.717) is 5.92 Å². The van der Waals surface area contributed by atoms with Crippen molar-refractivity contribution in [1.82, 2.24) is 5.32 Å². The average Bonchev–Trinajstić information content (AvgIpc) is 2.40. The fourth-order valence-electron chi connectivity index (χ4n) is 2.35. The van der Waals surface area contributed by atoms with Gasteiger partial charge in [0.15, 0.2) is 0 Å². The van der Waals surface area contributed by atoms with Gasteiger partial charge in [0.05, 0.1) is 5.92 Å². The second kappa shape index (κ2) is 5.67. The zero-order valence-electron chi connectivity index (χ0n) is 10.9. The fraction of sp³-hybridized carbons (Fsp3) is 0.312. The Morgan fingerprint density at radius 3 is 2.67 bits per heavy atom. The minimum absolute atomic E-state index is 0.0474. The lowest BCUT2D eigenvalue weighted by molar-refractivity contribution is -0.121. The van der Waals surface area contributed by atoms with Crippen LogP contribution in [0.4, 0.5) is 0 Å². The lowest BCUT2D eigenvalue weighted by Gasteiger charge is -2.21. The van der Waals surface area contributed by atoms with E-state index >= 15 is 0 Å². The summed E-state index contributed by atoms with van der Waals surface area (Å²) >= 11 is 0. The molecule has 2 rings (SSSR count). The monoisotopic (exact) mass is 241 g/mol. The van der Waals surface area contributed by atoms with Gasteiger partial charge in [-0.05, 0) is 23.5 Å². The number of hydrogen-bond acceptors (Lipinski definition) is 1. The first kappa shape index (κ1) is 12.6. The van der Waals surface area contributed by atoms with Gasteiger partial charge in [0.25, 0.3) is 0 Å². The van der Waals surface area contributed by atoms with Crippen molar-refractivity contribution in [3.05, 3.63) is 59.7 Å². The van der Waals surface area contributed by atoms with Gasteiger partial charge in [0.2, 0.25) is 5.91 Å². The second-order valence-corrected chi connectivity index (χ2v) is 4.74. The predicted molar refractivity (Wildman–Crippen MR) is 74.3 cm³/mol. The predicted octanol–water partition coefficient (Wildman–Crippen LogP) is 3.04. The van der Waals surface area contributed by atoms with Gasteiger partial charge in [0, 0.05) is 7.05 Å². The summed E-state index contributed by atoms with van der Waals surface area (Å²) < 4.78 is 0. The molecular formula is C16H19NO. The number of nitrogens with one attached hydrogen (secondary N) is 1. The molecule has 0 aliphatic heterocycles. The average molecular weight is 241 g/mol. The summed E-state index contributed by atoms with van der Waals surface area (Å²) in [7, 11) is 1.69. The highest BCUT2D eigenvalue weighted by Crippen LogP contribution is 2.30. The van der Waals surface area contributed by atoms with E-state index in [-0.39, 0.29) is 11.8 Å². The van der Waals surface area contributed by atoms with E-state index in [1.54, 1.807) is 7.05 Å². The molecular weight excluding hydrogens is 222 g/mol. The number of carbonyl (C=O) groups is 1. The van der Waals surface area contributed by atoms with Gasteiger partial charge < -0.3 is 5.32 Å². The first-order valence-corrected chi connectivity index (χ1v) is 6.37. The van der Waals surface area contributed by atoms with E-state index in [0.717, 1.165) is 17.6 Å². The van der Waals surface area contributed by atoms with Crippen LogP contribution in [0.1, 0.15) is 24.8 Å². The minimum Gasteiger partial charge on any atom is -0.358 e. The van der Waals surface area contributed by atoms with Crippen LogP contribution in [-0.2, 0) is 4.79 Å². The van der Waals surface area contributed by atoms with Crippen LogP contribution in [0.3, 0.4) is 0 Å². The summed E-state index contributed by atoms with van der Waals surface area (Å²) in [6.45, 7) is 2.18. The van der Waals surface area contributed by atoms with E-state index in [1.807, 2.05) is 30.3 Å². The molecule has 2 nitrogen and oxygen atoms in total. The molecule has 2 heteroatoms. The van der Waals surface area contributed by atoms with E-state index in [9.17, 15) is 4.79 Å². The third-order valence-corrected chi connectivity index (χ3v) is 3.27. The second-order valence-electron chi connectivity index (χ2n) is 4.74.